The molecule has 3 aromatic carbocycles. The second-order valence-corrected chi connectivity index (χ2v) is 12.2. The molecule has 0 unspecified atom stereocenters. The minimum absolute atomic E-state index is 0.128. The number of carbonyl (C=O) groups excluding carboxylic acids is 1. The van der Waals surface area contributed by atoms with Gasteiger partial charge in [0.1, 0.15) is 17.6 Å². The number of rotatable bonds is 8. The molecule has 212 valence electrons. The molecular formula is C31H24BrIN4O4S. The van der Waals surface area contributed by atoms with E-state index in [-0.39, 0.29) is 18.1 Å². The number of anilines is 1. The molecule has 0 bridgehead atoms. The van der Waals surface area contributed by atoms with Crippen LogP contribution in [0.1, 0.15) is 31.0 Å². The van der Waals surface area contributed by atoms with Crippen molar-refractivity contribution in [3.63, 3.8) is 0 Å². The summed E-state index contributed by atoms with van der Waals surface area (Å²) in [4.78, 5) is 33.0. The van der Waals surface area contributed by atoms with Crippen molar-refractivity contribution in [3.05, 3.63) is 117 Å². The average molecular weight is 755 g/mol. The third kappa shape index (κ3) is 6.21. The Morgan fingerprint density at radius 1 is 1.19 bits per heavy atom. The molecule has 1 N–H and O–H groups in total. The number of nitrogens with one attached hydrogen (secondary N) is 1. The van der Waals surface area contributed by atoms with Crippen molar-refractivity contribution in [2.24, 2.45) is 4.99 Å². The van der Waals surface area contributed by atoms with Crippen LogP contribution in [0.5, 0.6) is 11.5 Å². The number of halogens is 2. The van der Waals surface area contributed by atoms with E-state index < -0.39 is 6.04 Å². The molecule has 1 aromatic heterocycles. The van der Waals surface area contributed by atoms with Gasteiger partial charge in [-0.05, 0) is 84.5 Å². The highest BCUT2D eigenvalue weighted by atomic mass is 127. The van der Waals surface area contributed by atoms with Gasteiger partial charge in [0.25, 0.3) is 11.5 Å². The van der Waals surface area contributed by atoms with Gasteiger partial charge in [0.15, 0.2) is 11.4 Å². The van der Waals surface area contributed by atoms with E-state index in [1.54, 1.807) is 29.7 Å². The Labute approximate surface area is 267 Å². The van der Waals surface area contributed by atoms with Crippen LogP contribution < -0.4 is 29.7 Å². The van der Waals surface area contributed by atoms with E-state index >= 15 is 0 Å². The van der Waals surface area contributed by atoms with Crippen LogP contribution in [0.4, 0.5) is 5.69 Å². The van der Waals surface area contributed by atoms with Crippen molar-refractivity contribution < 1.29 is 14.3 Å². The number of allylic oxidation sites excluding steroid dienone is 1. The van der Waals surface area contributed by atoms with Gasteiger partial charge < -0.3 is 14.8 Å². The Kier molecular flexibility index (Phi) is 9.25. The molecule has 1 atom stereocenters. The quantitative estimate of drug-likeness (QED) is 0.238. The molecule has 0 spiro atoms. The molecule has 11 heteroatoms. The van der Waals surface area contributed by atoms with Crippen LogP contribution in [0.25, 0.3) is 6.08 Å². The Balaban J connectivity index is 1.68. The summed E-state index contributed by atoms with van der Waals surface area (Å²) in [6.07, 6.45) is 1.74. The highest BCUT2D eigenvalue weighted by Gasteiger charge is 2.32. The lowest BCUT2D eigenvalue weighted by molar-refractivity contribution is -0.113. The van der Waals surface area contributed by atoms with Gasteiger partial charge in [0.2, 0.25) is 0 Å². The average Bonchev–Trinajstić information content (AvgIpc) is 3.27. The molecule has 8 nitrogen and oxygen atoms in total. The number of hydrogen-bond acceptors (Lipinski definition) is 7. The molecule has 0 aliphatic carbocycles. The third-order valence-electron chi connectivity index (χ3n) is 6.41. The van der Waals surface area contributed by atoms with Crippen LogP contribution in [0.3, 0.4) is 0 Å². The Bertz CT molecular complexity index is 1910. The molecule has 1 amide bonds. The van der Waals surface area contributed by atoms with E-state index in [0.29, 0.717) is 50.0 Å². The number of nitriles is 1. The van der Waals surface area contributed by atoms with E-state index in [9.17, 15) is 9.59 Å². The van der Waals surface area contributed by atoms with Gasteiger partial charge in [-0.25, -0.2) is 4.99 Å². The molecule has 0 saturated heterocycles. The van der Waals surface area contributed by atoms with Gasteiger partial charge in [-0.15, -0.1) is 0 Å². The van der Waals surface area contributed by atoms with Crippen LogP contribution in [0, 0.1) is 14.9 Å². The second-order valence-electron chi connectivity index (χ2n) is 9.16. The number of carbonyl (C=O) groups is 1. The summed E-state index contributed by atoms with van der Waals surface area (Å²) in [7, 11) is 0. The Morgan fingerprint density at radius 3 is 2.62 bits per heavy atom. The summed E-state index contributed by atoms with van der Waals surface area (Å²) in [5, 5.41) is 12.0. The van der Waals surface area contributed by atoms with E-state index in [1.807, 2.05) is 67.6 Å². The standard InChI is InChI=1S/C31H24BrIN4O4S/c1-3-40-23-11-9-19(10-12-23)27-26(29(38)36-22-7-5-4-6-8-22)18(2)35-31-37(27)30(39)25(42-31)16-20-15-21(32)17-24(33)28(20)41-14-13-34/h4-12,15-17,27H,3,14H2,1-2H3,(H,36,38)/b25-16-/t27-/m0/s1. The number of thiazole rings is 1. The van der Waals surface area contributed by atoms with Crippen molar-refractivity contribution >= 4 is 67.5 Å². The SMILES string of the molecule is CCOc1ccc([C@H]2C(C(=O)Nc3ccccc3)=C(C)N=c3s/c(=C\c4cc(Br)cc(I)c4OCC#N)c(=O)n32)cc1. The molecule has 0 fully saturated rings. The van der Waals surface area contributed by atoms with Crippen LogP contribution in [-0.2, 0) is 4.79 Å². The molecule has 5 rings (SSSR count). The molecule has 0 radical (unpaired) electrons. The summed E-state index contributed by atoms with van der Waals surface area (Å²) in [6, 6.07) is 21.5. The number of fused-ring (bicyclic) bond motifs is 1. The van der Waals surface area contributed by atoms with Gasteiger partial charge in [-0.2, -0.15) is 5.26 Å². The molecule has 1 aliphatic heterocycles. The Morgan fingerprint density at radius 2 is 1.93 bits per heavy atom. The molecule has 4 aromatic rings. The first-order chi connectivity index (χ1) is 20.3. The second kappa shape index (κ2) is 13.1. The largest absolute Gasteiger partial charge is 0.494 e. The molecule has 42 heavy (non-hydrogen) atoms. The summed E-state index contributed by atoms with van der Waals surface area (Å²) >= 11 is 6.88. The van der Waals surface area contributed by atoms with Crippen molar-refractivity contribution in [2.45, 2.75) is 19.9 Å². The van der Waals surface area contributed by atoms with Crippen molar-refractivity contribution in [2.75, 3.05) is 18.5 Å². The summed E-state index contributed by atoms with van der Waals surface area (Å²) < 4.78 is 14.9. The lowest BCUT2D eigenvalue weighted by Crippen LogP contribution is -2.40. The molecular weight excluding hydrogens is 731 g/mol. The maximum Gasteiger partial charge on any atom is 0.271 e. The number of aromatic nitrogens is 1. The predicted molar refractivity (Wildman–Crippen MR) is 174 cm³/mol. The maximum atomic E-state index is 14.1. The normalized spacial score (nSPS) is 14.5. The van der Waals surface area contributed by atoms with Crippen molar-refractivity contribution in [1.82, 2.24) is 4.57 Å². The minimum atomic E-state index is -0.722. The fourth-order valence-corrected chi connectivity index (χ4v) is 7.39. The fourth-order valence-electron chi connectivity index (χ4n) is 4.65. The van der Waals surface area contributed by atoms with Crippen molar-refractivity contribution in [1.29, 1.82) is 5.26 Å². The first-order valence-electron chi connectivity index (χ1n) is 12.9. The minimum Gasteiger partial charge on any atom is -0.494 e. The van der Waals surface area contributed by atoms with Gasteiger partial charge in [0.05, 0.1) is 32.0 Å². The van der Waals surface area contributed by atoms with E-state index in [1.165, 1.54) is 11.3 Å². The first kappa shape index (κ1) is 29.8. The van der Waals surface area contributed by atoms with Gasteiger partial charge in [-0.1, -0.05) is 57.6 Å². The predicted octanol–water partition coefficient (Wildman–Crippen LogP) is 5.54. The summed E-state index contributed by atoms with van der Waals surface area (Å²) in [5.74, 6) is 0.858. The van der Waals surface area contributed by atoms with Gasteiger partial charge in [0, 0.05) is 15.7 Å². The highest BCUT2D eigenvalue weighted by molar-refractivity contribution is 14.1. The van der Waals surface area contributed by atoms with Crippen LogP contribution in [0.15, 0.2) is 92.3 Å². The number of hydrogen-bond donors (Lipinski definition) is 1. The smallest absolute Gasteiger partial charge is 0.271 e. The fraction of sp³-hybridized carbons (Fsp3) is 0.161. The molecule has 0 saturated carbocycles. The molecule has 2 heterocycles. The number of nitrogens with zero attached hydrogens (tertiary/aromatic N) is 3. The van der Waals surface area contributed by atoms with Crippen molar-refractivity contribution in [3.8, 4) is 17.6 Å². The van der Waals surface area contributed by atoms with Crippen LogP contribution in [0.2, 0.25) is 0 Å². The first-order valence-corrected chi connectivity index (χ1v) is 15.6. The van der Waals surface area contributed by atoms with Gasteiger partial charge >= 0.3 is 0 Å². The zero-order valence-electron chi connectivity index (χ0n) is 22.6. The van der Waals surface area contributed by atoms with E-state index in [2.05, 4.69) is 43.8 Å². The van der Waals surface area contributed by atoms with Crippen LogP contribution >= 0.6 is 49.9 Å². The number of benzene rings is 3. The number of amides is 1. The van der Waals surface area contributed by atoms with E-state index in [4.69, 9.17) is 19.7 Å². The number of ether oxygens (including phenoxy) is 2. The van der Waals surface area contributed by atoms with Gasteiger partial charge in [-0.3, -0.25) is 14.2 Å². The number of para-hydroxylation sites is 1. The zero-order valence-corrected chi connectivity index (χ0v) is 27.1. The molecule has 1 aliphatic rings. The zero-order chi connectivity index (χ0) is 29.8. The lowest BCUT2D eigenvalue weighted by Gasteiger charge is -2.25. The highest BCUT2D eigenvalue weighted by Crippen LogP contribution is 2.33. The monoisotopic (exact) mass is 754 g/mol. The summed E-state index contributed by atoms with van der Waals surface area (Å²) in [6.45, 7) is 4.08. The van der Waals surface area contributed by atoms with E-state index in [0.717, 1.165) is 13.6 Å². The topological polar surface area (TPSA) is 106 Å². The maximum absolute atomic E-state index is 14.1. The third-order valence-corrected chi connectivity index (χ3v) is 8.65. The van der Waals surface area contributed by atoms with Crippen LogP contribution in [-0.4, -0.2) is 23.7 Å². The Hall–Kier alpha value is -3.73. The summed E-state index contributed by atoms with van der Waals surface area (Å²) in [5.41, 5.74) is 2.62. The lowest BCUT2D eigenvalue weighted by atomic mass is 9.95.